The van der Waals surface area contributed by atoms with Gasteiger partial charge in [-0.2, -0.15) is 0 Å². The van der Waals surface area contributed by atoms with Crippen LogP contribution in [0, 0.1) is 0 Å². The number of para-hydroxylation sites is 1. The monoisotopic (exact) mass is 289 g/mol. The second-order valence-electron chi connectivity index (χ2n) is 5.42. The van der Waals surface area contributed by atoms with Crippen molar-refractivity contribution in [3.63, 3.8) is 0 Å². The molecule has 1 unspecified atom stereocenters. The van der Waals surface area contributed by atoms with Gasteiger partial charge in [-0.15, -0.1) is 0 Å². The first-order valence-electron chi connectivity index (χ1n) is 7.17. The number of aliphatic hydroxyl groups excluding tert-OH is 1. The minimum absolute atomic E-state index is 0.684. The summed E-state index contributed by atoms with van der Waals surface area (Å²) < 4.78 is 5.87. The molecule has 22 heavy (non-hydrogen) atoms. The summed E-state index contributed by atoms with van der Waals surface area (Å²) in [5.41, 5.74) is 9.63. The quantitative estimate of drug-likeness (QED) is 0.542. The van der Waals surface area contributed by atoms with E-state index in [9.17, 15) is 5.11 Å². The summed E-state index contributed by atoms with van der Waals surface area (Å²) in [6, 6.07) is 21.0. The SMILES string of the molecule is Nc1ccc(C(O)c2ccc3c(c2)oc2ccccc23)cc1. The van der Waals surface area contributed by atoms with Gasteiger partial charge in [-0.25, -0.2) is 0 Å². The molecular weight excluding hydrogens is 274 g/mol. The summed E-state index contributed by atoms with van der Waals surface area (Å²) in [7, 11) is 0. The van der Waals surface area contributed by atoms with E-state index in [0.29, 0.717) is 5.69 Å². The van der Waals surface area contributed by atoms with Crippen molar-refractivity contribution < 1.29 is 9.52 Å². The molecule has 0 aliphatic carbocycles. The third-order valence-electron chi connectivity index (χ3n) is 3.97. The molecule has 0 spiro atoms. The van der Waals surface area contributed by atoms with E-state index in [1.165, 1.54) is 0 Å². The molecule has 3 N–H and O–H groups in total. The standard InChI is InChI=1S/C19H15NO2/c20-14-8-5-12(6-9-14)19(21)13-7-10-16-15-3-1-2-4-17(15)22-18(16)11-13/h1-11,19,21H,20H2. The van der Waals surface area contributed by atoms with Crippen molar-refractivity contribution in [3.8, 4) is 0 Å². The Balaban J connectivity index is 1.81. The van der Waals surface area contributed by atoms with Crippen LogP contribution in [0.2, 0.25) is 0 Å². The fourth-order valence-electron chi connectivity index (χ4n) is 2.78. The van der Waals surface area contributed by atoms with Crippen molar-refractivity contribution in [2.24, 2.45) is 0 Å². The molecule has 0 amide bonds. The molecule has 0 saturated heterocycles. The molecule has 3 nitrogen and oxygen atoms in total. The molecule has 0 radical (unpaired) electrons. The molecule has 3 aromatic carbocycles. The fraction of sp³-hybridized carbons (Fsp3) is 0.0526. The number of hydrogen-bond acceptors (Lipinski definition) is 3. The van der Waals surface area contributed by atoms with Crippen LogP contribution in [0.15, 0.2) is 71.1 Å². The summed E-state index contributed by atoms with van der Waals surface area (Å²) in [5, 5.41) is 12.7. The number of benzene rings is 3. The maximum Gasteiger partial charge on any atom is 0.135 e. The lowest BCUT2D eigenvalue weighted by atomic mass is 10.00. The molecule has 0 aliphatic heterocycles. The molecule has 1 atom stereocenters. The van der Waals surface area contributed by atoms with Crippen molar-refractivity contribution in [3.05, 3.63) is 77.9 Å². The maximum atomic E-state index is 10.5. The number of anilines is 1. The van der Waals surface area contributed by atoms with Crippen LogP contribution in [0.25, 0.3) is 21.9 Å². The maximum absolute atomic E-state index is 10.5. The zero-order chi connectivity index (χ0) is 15.1. The highest BCUT2D eigenvalue weighted by molar-refractivity contribution is 6.04. The second kappa shape index (κ2) is 4.90. The first-order valence-corrected chi connectivity index (χ1v) is 7.17. The van der Waals surface area contributed by atoms with Gasteiger partial charge in [0, 0.05) is 16.5 Å². The molecule has 1 heterocycles. The highest BCUT2D eigenvalue weighted by Crippen LogP contribution is 2.32. The predicted octanol–water partition coefficient (Wildman–Crippen LogP) is 4.25. The number of fused-ring (bicyclic) bond motifs is 3. The Morgan fingerprint density at radius 3 is 2.27 bits per heavy atom. The van der Waals surface area contributed by atoms with E-state index in [-0.39, 0.29) is 0 Å². The van der Waals surface area contributed by atoms with Gasteiger partial charge in [0.1, 0.15) is 17.3 Å². The van der Waals surface area contributed by atoms with Crippen molar-refractivity contribution in [2.45, 2.75) is 6.10 Å². The third kappa shape index (κ3) is 2.03. The minimum atomic E-state index is -0.696. The van der Waals surface area contributed by atoms with E-state index in [1.54, 1.807) is 12.1 Å². The van der Waals surface area contributed by atoms with E-state index in [0.717, 1.165) is 33.1 Å². The van der Waals surface area contributed by atoms with Gasteiger partial charge in [0.15, 0.2) is 0 Å². The van der Waals surface area contributed by atoms with E-state index >= 15 is 0 Å². The Kier molecular flexibility index (Phi) is 2.88. The van der Waals surface area contributed by atoms with Gasteiger partial charge in [0.2, 0.25) is 0 Å². The lowest BCUT2D eigenvalue weighted by Gasteiger charge is -2.11. The van der Waals surface area contributed by atoms with Crippen molar-refractivity contribution in [1.29, 1.82) is 0 Å². The Bertz CT molecular complexity index is 954. The average molecular weight is 289 g/mol. The minimum Gasteiger partial charge on any atom is -0.456 e. The van der Waals surface area contributed by atoms with Gasteiger partial charge >= 0.3 is 0 Å². The zero-order valence-corrected chi connectivity index (χ0v) is 11.9. The number of nitrogens with two attached hydrogens (primary N) is 1. The van der Waals surface area contributed by atoms with Gasteiger partial charge in [0.05, 0.1) is 0 Å². The molecule has 0 fully saturated rings. The van der Waals surface area contributed by atoms with E-state index in [2.05, 4.69) is 0 Å². The molecule has 4 aromatic rings. The van der Waals surface area contributed by atoms with Crippen molar-refractivity contribution in [2.75, 3.05) is 5.73 Å². The molecule has 1 aromatic heterocycles. The van der Waals surface area contributed by atoms with E-state index in [1.807, 2.05) is 54.6 Å². The number of furan rings is 1. The molecule has 3 heteroatoms. The molecule has 0 saturated carbocycles. The van der Waals surface area contributed by atoms with Crippen LogP contribution in [0.1, 0.15) is 17.2 Å². The lowest BCUT2D eigenvalue weighted by Crippen LogP contribution is -1.99. The Morgan fingerprint density at radius 2 is 1.45 bits per heavy atom. The molecule has 108 valence electrons. The van der Waals surface area contributed by atoms with Gasteiger partial charge in [-0.05, 0) is 35.4 Å². The summed E-state index contributed by atoms with van der Waals surface area (Å²) >= 11 is 0. The molecule has 4 rings (SSSR count). The fourth-order valence-corrected chi connectivity index (χ4v) is 2.78. The van der Waals surface area contributed by atoms with Gasteiger partial charge in [-0.1, -0.05) is 42.5 Å². The third-order valence-corrected chi connectivity index (χ3v) is 3.97. The summed E-state index contributed by atoms with van der Waals surface area (Å²) in [6.07, 6.45) is -0.696. The predicted molar refractivity (Wildman–Crippen MR) is 88.6 cm³/mol. The number of aliphatic hydroxyl groups is 1. The van der Waals surface area contributed by atoms with Crippen LogP contribution >= 0.6 is 0 Å². The number of hydrogen-bond donors (Lipinski definition) is 2. The number of nitrogen functional groups attached to an aromatic ring is 1. The lowest BCUT2D eigenvalue weighted by molar-refractivity contribution is 0.220. The smallest absolute Gasteiger partial charge is 0.135 e. The van der Waals surface area contributed by atoms with Crippen LogP contribution < -0.4 is 5.73 Å². The Hall–Kier alpha value is -2.78. The van der Waals surface area contributed by atoms with Gasteiger partial charge in [-0.3, -0.25) is 0 Å². The Morgan fingerprint density at radius 1 is 0.773 bits per heavy atom. The van der Waals surface area contributed by atoms with Crippen LogP contribution in [0.3, 0.4) is 0 Å². The zero-order valence-electron chi connectivity index (χ0n) is 11.9. The van der Waals surface area contributed by atoms with Gasteiger partial charge < -0.3 is 15.3 Å². The second-order valence-corrected chi connectivity index (χ2v) is 5.42. The van der Waals surface area contributed by atoms with E-state index < -0.39 is 6.10 Å². The first kappa shape index (κ1) is 12.9. The molecule has 0 bridgehead atoms. The van der Waals surface area contributed by atoms with Crippen molar-refractivity contribution in [1.82, 2.24) is 0 Å². The number of rotatable bonds is 2. The molecular formula is C19H15NO2. The molecule has 0 aliphatic rings. The van der Waals surface area contributed by atoms with Crippen LogP contribution in [-0.4, -0.2) is 5.11 Å². The topological polar surface area (TPSA) is 59.4 Å². The Labute approximate surface area is 127 Å². The van der Waals surface area contributed by atoms with Crippen LogP contribution in [0.4, 0.5) is 5.69 Å². The normalized spacial score (nSPS) is 12.8. The largest absolute Gasteiger partial charge is 0.456 e. The highest BCUT2D eigenvalue weighted by Gasteiger charge is 2.13. The van der Waals surface area contributed by atoms with Crippen LogP contribution in [-0.2, 0) is 0 Å². The van der Waals surface area contributed by atoms with E-state index in [4.69, 9.17) is 10.2 Å². The highest BCUT2D eigenvalue weighted by atomic mass is 16.3. The van der Waals surface area contributed by atoms with Crippen molar-refractivity contribution >= 4 is 27.6 Å². The first-order chi connectivity index (χ1) is 10.7. The summed E-state index contributed by atoms with van der Waals surface area (Å²) in [6.45, 7) is 0. The van der Waals surface area contributed by atoms with Gasteiger partial charge in [0.25, 0.3) is 0 Å². The average Bonchev–Trinajstić information content (AvgIpc) is 2.92. The summed E-state index contributed by atoms with van der Waals surface area (Å²) in [4.78, 5) is 0. The van der Waals surface area contributed by atoms with Crippen LogP contribution in [0.5, 0.6) is 0 Å². The summed E-state index contributed by atoms with van der Waals surface area (Å²) in [5.74, 6) is 0.